The first-order chi connectivity index (χ1) is 10.3. The third kappa shape index (κ3) is 6.32. The predicted octanol–water partition coefficient (Wildman–Crippen LogP) is 4.13. The molecule has 1 amide bonds. The van der Waals surface area contributed by atoms with Crippen LogP contribution in [0.15, 0.2) is 0 Å². The number of piperidine rings is 1. The summed E-state index contributed by atoms with van der Waals surface area (Å²) in [6.45, 7) is 8.91. The highest BCUT2D eigenvalue weighted by Crippen LogP contribution is 2.39. The van der Waals surface area contributed by atoms with Gasteiger partial charge in [0.2, 0.25) is 5.91 Å². The Balaban J connectivity index is 1.65. The van der Waals surface area contributed by atoms with E-state index in [2.05, 4.69) is 38.3 Å². The molecule has 0 radical (unpaired) electrons. The average molecular weight is 345 g/mol. The maximum atomic E-state index is 12.2. The van der Waals surface area contributed by atoms with E-state index in [4.69, 9.17) is 0 Å². The van der Waals surface area contributed by atoms with E-state index in [1.807, 2.05) is 21.6 Å². The van der Waals surface area contributed by atoms with Crippen LogP contribution in [0, 0.1) is 0 Å². The lowest BCUT2D eigenvalue weighted by molar-refractivity contribution is -0.122. The monoisotopic (exact) mass is 344 g/mol. The Kier molecular flexibility index (Phi) is 6.55. The number of nitrogens with one attached hydrogen (secondary N) is 2. The van der Waals surface area contributed by atoms with Crippen LogP contribution in [0.4, 0.5) is 0 Å². The molecule has 0 aliphatic carbocycles. The van der Waals surface area contributed by atoms with Crippen LogP contribution in [0.3, 0.4) is 0 Å². The number of rotatable bonds is 6. The maximum absolute atomic E-state index is 12.2. The topological polar surface area (TPSA) is 41.1 Å². The molecule has 2 saturated heterocycles. The molecule has 0 saturated carbocycles. The van der Waals surface area contributed by atoms with Gasteiger partial charge in [0.1, 0.15) is 0 Å². The predicted molar refractivity (Wildman–Crippen MR) is 99.4 cm³/mol. The van der Waals surface area contributed by atoms with Crippen LogP contribution >= 0.6 is 21.6 Å². The Hall–Kier alpha value is 0.130. The lowest BCUT2D eigenvalue weighted by atomic mass is 9.79. The first kappa shape index (κ1) is 18.5. The summed E-state index contributed by atoms with van der Waals surface area (Å²) in [6, 6.07) is 0.306. The van der Waals surface area contributed by atoms with Crippen molar-refractivity contribution < 1.29 is 4.79 Å². The molecule has 0 aromatic heterocycles. The summed E-state index contributed by atoms with van der Waals surface area (Å²) in [5.41, 5.74) is 0.189. The van der Waals surface area contributed by atoms with Gasteiger partial charge in [-0.05, 0) is 59.8 Å². The summed E-state index contributed by atoms with van der Waals surface area (Å²) in [5.74, 6) is 1.55. The van der Waals surface area contributed by atoms with E-state index in [-0.39, 0.29) is 17.0 Å². The van der Waals surface area contributed by atoms with Crippen LogP contribution in [0.5, 0.6) is 0 Å². The van der Waals surface area contributed by atoms with Crippen molar-refractivity contribution in [1.29, 1.82) is 0 Å². The Morgan fingerprint density at radius 1 is 1.18 bits per heavy atom. The molecule has 2 heterocycles. The zero-order valence-corrected chi connectivity index (χ0v) is 16.2. The van der Waals surface area contributed by atoms with Gasteiger partial charge >= 0.3 is 0 Å². The summed E-state index contributed by atoms with van der Waals surface area (Å²) in [5, 5.41) is 7.77. The molecule has 2 fully saturated rings. The third-order valence-electron chi connectivity index (χ3n) is 4.46. The number of unbranched alkanes of at least 4 members (excludes halogenated alkanes) is 1. The molecule has 2 aliphatic heterocycles. The van der Waals surface area contributed by atoms with Crippen molar-refractivity contribution in [1.82, 2.24) is 10.6 Å². The van der Waals surface area contributed by atoms with Crippen LogP contribution in [0.25, 0.3) is 0 Å². The Morgan fingerprint density at radius 2 is 1.86 bits per heavy atom. The zero-order chi connectivity index (χ0) is 16.2. The highest BCUT2D eigenvalue weighted by molar-refractivity contribution is 8.77. The third-order valence-corrected chi connectivity index (χ3v) is 7.47. The van der Waals surface area contributed by atoms with E-state index in [1.165, 1.54) is 25.0 Å². The van der Waals surface area contributed by atoms with Crippen molar-refractivity contribution in [2.45, 2.75) is 95.0 Å². The van der Waals surface area contributed by atoms with Crippen molar-refractivity contribution in [3.05, 3.63) is 0 Å². The molecule has 22 heavy (non-hydrogen) atoms. The smallest absolute Gasteiger partial charge is 0.220 e. The molecule has 0 bridgehead atoms. The summed E-state index contributed by atoms with van der Waals surface area (Å²) < 4.78 is 0. The summed E-state index contributed by atoms with van der Waals surface area (Å²) in [7, 11) is 4.04. The van der Waals surface area contributed by atoms with Gasteiger partial charge in [0.25, 0.3) is 0 Å². The van der Waals surface area contributed by atoms with Crippen LogP contribution in [0.1, 0.15) is 72.6 Å². The van der Waals surface area contributed by atoms with Gasteiger partial charge in [0.15, 0.2) is 0 Å². The van der Waals surface area contributed by atoms with Crippen LogP contribution in [0.2, 0.25) is 0 Å². The maximum Gasteiger partial charge on any atom is 0.220 e. The van der Waals surface area contributed by atoms with Gasteiger partial charge in [-0.3, -0.25) is 4.79 Å². The van der Waals surface area contributed by atoms with Crippen LogP contribution in [-0.2, 0) is 4.79 Å². The SMILES string of the molecule is CC1(C)CC(NC(=O)CCCCC2CCSS2)CC(C)(C)N1. The van der Waals surface area contributed by atoms with Crippen LogP contribution in [-0.4, -0.2) is 34.0 Å². The Bertz CT molecular complexity index is 363. The molecule has 2 aliphatic rings. The van der Waals surface area contributed by atoms with Crippen molar-refractivity contribution in [2.24, 2.45) is 0 Å². The normalized spacial score (nSPS) is 27.7. The van der Waals surface area contributed by atoms with Crippen molar-refractivity contribution in [2.75, 3.05) is 5.75 Å². The molecule has 128 valence electrons. The first-order valence-corrected chi connectivity index (χ1v) is 11.0. The quantitative estimate of drug-likeness (QED) is 0.561. The van der Waals surface area contributed by atoms with E-state index >= 15 is 0 Å². The molecule has 2 rings (SSSR count). The largest absolute Gasteiger partial charge is 0.353 e. The van der Waals surface area contributed by atoms with Crippen LogP contribution < -0.4 is 10.6 Å². The number of carbonyl (C=O) groups excluding carboxylic acids is 1. The fourth-order valence-electron chi connectivity index (χ4n) is 3.95. The fraction of sp³-hybridized carbons (Fsp3) is 0.941. The van der Waals surface area contributed by atoms with Gasteiger partial charge in [-0.1, -0.05) is 28.0 Å². The molecule has 3 nitrogen and oxygen atoms in total. The number of hydrogen-bond donors (Lipinski definition) is 2. The van der Waals surface area contributed by atoms with E-state index < -0.39 is 0 Å². The average Bonchev–Trinajstić information content (AvgIpc) is 2.83. The van der Waals surface area contributed by atoms with Gasteiger partial charge in [0.05, 0.1) is 0 Å². The fourth-order valence-corrected chi connectivity index (χ4v) is 6.97. The molecule has 1 atom stereocenters. The lowest BCUT2D eigenvalue weighted by Crippen LogP contribution is -2.62. The van der Waals surface area contributed by atoms with E-state index in [0.717, 1.165) is 24.5 Å². The zero-order valence-electron chi connectivity index (χ0n) is 14.5. The lowest BCUT2D eigenvalue weighted by Gasteiger charge is -2.46. The minimum Gasteiger partial charge on any atom is -0.353 e. The van der Waals surface area contributed by atoms with E-state index in [0.29, 0.717) is 12.5 Å². The van der Waals surface area contributed by atoms with Gasteiger partial charge in [0, 0.05) is 34.5 Å². The second-order valence-corrected chi connectivity index (χ2v) is 10.9. The summed E-state index contributed by atoms with van der Waals surface area (Å²) >= 11 is 0. The first-order valence-electron chi connectivity index (χ1n) is 8.63. The van der Waals surface area contributed by atoms with Gasteiger partial charge < -0.3 is 10.6 Å². The standard InChI is InChI=1S/C17H32N2OS2/c1-16(2)11-13(12-17(3,4)19-16)18-15(20)8-6-5-7-14-9-10-21-22-14/h13-14,19H,5-12H2,1-4H3,(H,18,20). The second kappa shape index (κ2) is 7.80. The minimum atomic E-state index is 0.0943. The molecular weight excluding hydrogens is 312 g/mol. The highest BCUT2D eigenvalue weighted by Gasteiger charge is 2.38. The number of carbonyl (C=O) groups is 1. The highest BCUT2D eigenvalue weighted by atomic mass is 33.1. The molecule has 0 spiro atoms. The Labute approximate surface area is 143 Å². The molecule has 0 aromatic carbocycles. The van der Waals surface area contributed by atoms with Crippen molar-refractivity contribution in [3.8, 4) is 0 Å². The number of amides is 1. The summed E-state index contributed by atoms with van der Waals surface area (Å²) in [4.78, 5) is 12.2. The van der Waals surface area contributed by atoms with Gasteiger partial charge in [-0.15, -0.1) is 0 Å². The molecule has 0 aromatic rings. The molecule has 5 heteroatoms. The molecular formula is C17H32N2OS2. The van der Waals surface area contributed by atoms with Gasteiger partial charge in [-0.25, -0.2) is 0 Å². The van der Waals surface area contributed by atoms with Gasteiger partial charge in [-0.2, -0.15) is 0 Å². The second-order valence-electron chi connectivity index (χ2n) is 8.14. The Morgan fingerprint density at radius 3 is 2.45 bits per heavy atom. The molecule has 1 unspecified atom stereocenters. The summed E-state index contributed by atoms with van der Waals surface area (Å²) in [6.07, 6.45) is 7.56. The number of hydrogen-bond acceptors (Lipinski definition) is 4. The van der Waals surface area contributed by atoms with E-state index in [1.54, 1.807) is 0 Å². The van der Waals surface area contributed by atoms with Crippen molar-refractivity contribution >= 4 is 27.5 Å². The van der Waals surface area contributed by atoms with Crippen molar-refractivity contribution in [3.63, 3.8) is 0 Å². The van der Waals surface area contributed by atoms with E-state index in [9.17, 15) is 4.79 Å². The molecule has 2 N–H and O–H groups in total. The minimum absolute atomic E-state index is 0.0943.